The molecule has 3 heterocycles. The van der Waals surface area contributed by atoms with Crippen LogP contribution < -0.4 is 5.73 Å². The van der Waals surface area contributed by atoms with Crippen molar-refractivity contribution in [2.45, 2.75) is 38.0 Å². The maximum atomic E-state index is 12.9. The Kier molecular flexibility index (Phi) is 5.15. The van der Waals surface area contributed by atoms with Gasteiger partial charge >= 0.3 is 12.4 Å². The zero-order valence-corrected chi connectivity index (χ0v) is 14.1. The number of nitrogens with zero attached hydrogens (tertiary/aromatic N) is 1. The molecule has 1 aromatic carbocycles. The van der Waals surface area contributed by atoms with Crippen LogP contribution in [0.15, 0.2) is 18.2 Å². The van der Waals surface area contributed by atoms with Crippen molar-refractivity contribution in [1.82, 2.24) is 4.90 Å². The summed E-state index contributed by atoms with van der Waals surface area (Å²) in [5.41, 5.74) is 2.38. The van der Waals surface area contributed by atoms with E-state index < -0.39 is 48.1 Å². The third kappa shape index (κ3) is 4.21. The Bertz CT molecular complexity index is 678. The number of amides is 1. The molecule has 0 saturated carbocycles. The van der Waals surface area contributed by atoms with Gasteiger partial charge in [-0.25, -0.2) is 0 Å². The van der Waals surface area contributed by atoms with Crippen molar-refractivity contribution in [3.63, 3.8) is 0 Å². The second-order valence-electron chi connectivity index (χ2n) is 6.92. The molecule has 4 rings (SSSR count). The van der Waals surface area contributed by atoms with E-state index in [1.54, 1.807) is 0 Å². The van der Waals surface area contributed by atoms with Crippen LogP contribution in [-0.4, -0.2) is 30.1 Å². The average molecular weight is 396 g/mol. The summed E-state index contributed by atoms with van der Waals surface area (Å²) in [4.78, 5) is 13.6. The number of carbonyl (C=O) groups is 1. The molecule has 3 aliphatic heterocycles. The molecule has 3 saturated heterocycles. The second kappa shape index (κ2) is 6.97. The van der Waals surface area contributed by atoms with Crippen LogP contribution >= 0.6 is 0 Å². The van der Waals surface area contributed by atoms with Crippen LogP contribution in [0.1, 0.15) is 29.5 Å². The summed E-state index contributed by atoms with van der Waals surface area (Å²) in [7, 11) is 0. The van der Waals surface area contributed by atoms with Crippen LogP contribution in [0.3, 0.4) is 0 Å². The molecule has 1 aromatic rings. The topological polar surface area (TPSA) is 55.6 Å². The Hall–Kier alpha value is -1.81. The zero-order chi connectivity index (χ0) is 20.0. The number of hydrogen-bond acceptors (Lipinski definition) is 3. The number of piperidine rings is 3. The predicted molar refractivity (Wildman–Crippen MR) is 82.0 cm³/mol. The number of alkyl halides is 6. The van der Waals surface area contributed by atoms with E-state index in [1.165, 1.54) is 0 Å². The minimum Gasteiger partial charge on any atom is -0.369 e. The number of ether oxygens (including phenoxy) is 1. The van der Waals surface area contributed by atoms with Gasteiger partial charge in [0.15, 0.2) is 0 Å². The summed E-state index contributed by atoms with van der Waals surface area (Å²) in [5, 5.41) is 0. The van der Waals surface area contributed by atoms with Crippen molar-refractivity contribution >= 4 is 5.91 Å². The Labute approximate surface area is 151 Å². The quantitative estimate of drug-likeness (QED) is 0.794. The Balaban J connectivity index is 1.83. The molecule has 27 heavy (non-hydrogen) atoms. The normalized spacial score (nSPS) is 28.4. The molecule has 0 spiro atoms. The standard InChI is InChI=1S/C17H18F6N2O2/c18-16(19,20)11-5-9(6-12(7-11)17(21,22)23)8-27-15-13(14(24)26)10-1-3-25(15)4-2-10/h5-7,10,13,15H,1-4,8H2,(H2,24,26). The van der Waals surface area contributed by atoms with Crippen molar-refractivity contribution < 1.29 is 35.9 Å². The molecule has 1 amide bonds. The predicted octanol–water partition coefficient (Wildman–Crippen LogP) is 3.39. The highest BCUT2D eigenvalue weighted by molar-refractivity contribution is 5.77. The maximum absolute atomic E-state index is 12.9. The first-order chi connectivity index (χ1) is 12.5. The lowest BCUT2D eigenvalue weighted by Crippen LogP contribution is -2.59. The van der Waals surface area contributed by atoms with E-state index in [4.69, 9.17) is 10.5 Å². The molecule has 2 N–H and O–H groups in total. The third-order valence-electron chi connectivity index (χ3n) is 5.15. The van der Waals surface area contributed by atoms with Gasteiger partial charge < -0.3 is 10.5 Å². The van der Waals surface area contributed by atoms with E-state index in [0.717, 1.165) is 12.8 Å². The maximum Gasteiger partial charge on any atom is 0.416 e. The van der Waals surface area contributed by atoms with Crippen LogP contribution in [0.5, 0.6) is 0 Å². The lowest BCUT2D eigenvalue weighted by Gasteiger charge is -2.49. The van der Waals surface area contributed by atoms with Crippen LogP contribution in [0.2, 0.25) is 0 Å². The number of hydrogen-bond donors (Lipinski definition) is 1. The van der Waals surface area contributed by atoms with Crippen LogP contribution in [0, 0.1) is 11.8 Å². The van der Waals surface area contributed by atoms with Gasteiger partial charge in [0, 0.05) is 13.1 Å². The van der Waals surface area contributed by atoms with Crippen molar-refractivity contribution in [2.75, 3.05) is 13.1 Å². The van der Waals surface area contributed by atoms with E-state index in [0.29, 0.717) is 25.2 Å². The fourth-order valence-electron chi connectivity index (χ4n) is 3.86. The summed E-state index contributed by atoms with van der Waals surface area (Å²) in [6, 6.07) is 1.33. The molecule has 3 aliphatic rings. The van der Waals surface area contributed by atoms with Crippen LogP contribution in [-0.2, 0) is 28.5 Å². The number of fused-ring (bicyclic) bond motifs is 3. The largest absolute Gasteiger partial charge is 0.416 e. The molecule has 150 valence electrons. The van der Waals surface area contributed by atoms with Gasteiger partial charge in [0.05, 0.1) is 23.7 Å². The zero-order valence-electron chi connectivity index (χ0n) is 14.1. The van der Waals surface area contributed by atoms with Crippen LogP contribution in [0.4, 0.5) is 26.3 Å². The molecular weight excluding hydrogens is 378 g/mol. The Morgan fingerprint density at radius 1 is 1.04 bits per heavy atom. The molecule has 2 atom stereocenters. The minimum absolute atomic E-state index is 0.0183. The number of benzene rings is 1. The smallest absolute Gasteiger partial charge is 0.369 e. The molecule has 0 aliphatic carbocycles. The molecule has 0 radical (unpaired) electrons. The SMILES string of the molecule is NC(=O)C1C2CCN(CC2)C1OCc1cc(C(F)(F)F)cc(C(F)(F)F)c1. The van der Waals surface area contributed by atoms with E-state index in [1.807, 2.05) is 4.90 Å². The Morgan fingerprint density at radius 2 is 1.56 bits per heavy atom. The lowest BCUT2D eigenvalue weighted by molar-refractivity contribution is -0.175. The van der Waals surface area contributed by atoms with Gasteiger partial charge in [-0.1, -0.05) is 0 Å². The van der Waals surface area contributed by atoms with E-state index in [-0.39, 0.29) is 17.5 Å². The van der Waals surface area contributed by atoms with Gasteiger partial charge in [-0.05, 0) is 42.5 Å². The minimum atomic E-state index is -4.92. The van der Waals surface area contributed by atoms with Gasteiger partial charge in [-0.15, -0.1) is 0 Å². The fraction of sp³-hybridized carbons (Fsp3) is 0.588. The summed E-state index contributed by atoms with van der Waals surface area (Å²) >= 11 is 0. The van der Waals surface area contributed by atoms with Crippen molar-refractivity contribution in [1.29, 1.82) is 0 Å². The molecule has 4 nitrogen and oxygen atoms in total. The van der Waals surface area contributed by atoms with Crippen molar-refractivity contribution in [3.05, 3.63) is 34.9 Å². The highest BCUT2D eigenvalue weighted by Gasteiger charge is 2.46. The third-order valence-corrected chi connectivity index (χ3v) is 5.15. The van der Waals surface area contributed by atoms with E-state index >= 15 is 0 Å². The highest BCUT2D eigenvalue weighted by Crippen LogP contribution is 2.39. The van der Waals surface area contributed by atoms with Crippen molar-refractivity contribution in [3.8, 4) is 0 Å². The van der Waals surface area contributed by atoms with E-state index in [2.05, 4.69) is 0 Å². The van der Waals surface area contributed by atoms with Gasteiger partial charge in [0.2, 0.25) is 5.91 Å². The number of carbonyl (C=O) groups excluding carboxylic acids is 1. The highest BCUT2D eigenvalue weighted by atomic mass is 19.4. The van der Waals surface area contributed by atoms with Gasteiger partial charge in [-0.2, -0.15) is 26.3 Å². The molecule has 2 bridgehead atoms. The monoisotopic (exact) mass is 396 g/mol. The van der Waals surface area contributed by atoms with Gasteiger partial charge in [-0.3, -0.25) is 9.69 Å². The summed E-state index contributed by atoms with van der Waals surface area (Å²) in [5.74, 6) is -1.18. The number of rotatable bonds is 4. The number of nitrogens with two attached hydrogens (primary N) is 1. The van der Waals surface area contributed by atoms with Crippen molar-refractivity contribution in [2.24, 2.45) is 17.6 Å². The molecule has 0 aromatic heterocycles. The average Bonchev–Trinajstić information content (AvgIpc) is 2.58. The van der Waals surface area contributed by atoms with Crippen LogP contribution in [0.25, 0.3) is 0 Å². The molecule has 3 fully saturated rings. The first-order valence-corrected chi connectivity index (χ1v) is 8.40. The number of halogens is 6. The fourth-order valence-corrected chi connectivity index (χ4v) is 3.86. The Morgan fingerprint density at radius 3 is 2.00 bits per heavy atom. The van der Waals surface area contributed by atoms with Gasteiger partial charge in [0.1, 0.15) is 6.23 Å². The molecule has 10 heteroatoms. The first-order valence-electron chi connectivity index (χ1n) is 8.40. The summed E-state index contributed by atoms with van der Waals surface area (Å²) < 4.78 is 83.3. The molecule has 2 unspecified atom stereocenters. The number of primary amides is 1. The van der Waals surface area contributed by atoms with E-state index in [9.17, 15) is 31.1 Å². The summed E-state index contributed by atoms with van der Waals surface area (Å²) in [6.07, 6.45) is -9.05. The lowest BCUT2D eigenvalue weighted by atomic mass is 9.77. The molecular formula is C17H18F6N2O2. The van der Waals surface area contributed by atoms with Gasteiger partial charge in [0.25, 0.3) is 0 Å². The summed E-state index contributed by atoms with van der Waals surface area (Å²) in [6.45, 7) is 0.815. The second-order valence-corrected chi connectivity index (χ2v) is 6.92. The first kappa shape index (κ1) is 19.9.